The van der Waals surface area contributed by atoms with E-state index in [2.05, 4.69) is 20.9 Å². The highest BCUT2D eigenvalue weighted by atomic mass is 79.9. The molecular weight excluding hydrogens is 204 g/mol. The molecule has 0 bridgehead atoms. The molecule has 2 nitrogen and oxygen atoms in total. The van der Waals surface area contributed by atoms with Crippen molar-refractivity contribution in [3.05, 3.63) is 28.5 Å². The lowest BCUT2D eigenvalue weighted by atomic mass is 10.1. The van der Waals surface area contributed by atoms with Crippen LogP contribution in [-0.4, -0.2) is 4.98 Å². The fourth-order valence-electron chi connectivity index (χ4n) is 1.16. The maximum absolute atomic E-state index is 6.00. The Morgan fingerprint density at radius 3 is 2.82 bits per heavy atom. The number of aromatic nitrogens is 1. The van der Waals surface area contributed by atoms with Crippen LogP contribution in [0.1, 0.15) is 18.4 Å². The molecule has 1 aromatic heterocycles. The predicted molar refractivity (Wildman–Crippen MR) is 47.0 cm³/mol. The summed E-state index contributed by atoms with van der Waals surface area (Å²) in [5.74, 6) is 0. The summed E-state index contributed by atoms with van der Waals surface area (Å²) in [7, 11) is 0. The summed E-state index contributed by atoms with van der Waals surface area (Å²) in [6, 6.07) is 3.96. The molecular formula is C8H9BrN2. The Bertz CT molecular complexity index is 281. The van der Waals surface area contributed by atoms with E-state index in [1.54, 1.807) is 6.20 Å². The van der Waals surface area contributed by atoms with Crippen molar-refractivity contribution in [1.82, 2.24) is 4.98 Å². The SMILES string of the molecule is NC1(c2cccnc2Br)CC1. The van der Waals surface area contributed by atoms with Gasteiger partial charge in [-0.3, -0.25) is 0 Å². The van der Waals surface area contributed by atoms with Crippen LogP contribution in [0.25, 0.3) is 0 Å². The van der Waals surface area contributed by atoms with Gasteiger partial charge in [-0.05, 0) is 34.8 Å². The lowest BCUT2D eigenvalue weighted by Crippen LogP contribution is -2.19. The summed E-state index contributed by atoms with van der Waals surface area (Å²) >= 11 is 3.38. The van der Waals surface area contributed by atoms with Gasteiger partial charge in [0.2, 0.25) is 0 Å². The largest absolute Gasteiger partial charge is 0.321 e. The molecule has 0 amide bonds. The first kappa shape index (κ1) is 7.25. The number of halogens is 1. The molecule has 1 saturated carbocycles. The van der Waals surface area contributed by atoms with Crippen LogP contribution in [0.5, 0.6) is 0 Å². The summed E-state index contributed by atoms with van der Waals surface area (Å²) in [6.07, 6.45) is 3.92. The van der Waals surface area contributed by atoms with Gasteiger partial charge in [-0.15, -0.1) is 0 Å². The molecule has 11 heavy (non-hydrogen) atoms. The van der Waals surface area contributed by atoms with E-state index in [4.69, 9.17) is 5.73 Å². The van der Waals surface area contributed by atoms with E-state index in [9.17, 15) is 0 Å². The molecule has 1 aromatic rings. The van der Waals surface area contributed by atoms with E-state index < -0.39 is 0 Å². The third-order valence-electron chi connectivity index (χ3n) is 2.08. The second-order valence-corrected chi connectivity index (χ2v) is 3.75. The first-order chi connectivity index (χ1) is 5.22. The minimum Gasteiger partial charge on any atom is -0.321 e. The van der Waals surface area contributed by atoms with Crippen molar-refractivity contribution in [1.29, 1.82) is 0 Å². The zero-order valence-electron chi connectivity index (χ0n) is 6.05. The number of rotatable bonds is 1. The van der Waals surface area contributed by atoms with E-state index >= 15 is 0 Å². The van der Waals surface area contributed by atoms with Crippen LogP contribution in [0.15, 0.2) is 22.9 Å². The molecule has 3 heteroatoms. The number of hydrogen-bond donors (Lipinski definition) is 1. The van der Waals surface area contributed by atoms with Crippen molar-refractivity contribution in [2.24, 2.45) is 5.73 Å². The Labute approximate surface area is 73.9 Å². The maximum Gasteiger partial charge on any atom is 0.111 e. The molecule has 0 unspecified atom stereocenters. The smallest absolute Gasteiger partial charge is 0.111 e. The normalized spacial score (nSPS) is 19.8. The molecule has 0 aromatic carbocycles. The summed E-state index contributed by atoms with van der Waals surface area (Å²) < 4.78 is 0.889. The molecule has 58 valence electrons. The zero-order chi connectivity index (χ0) is 7.90. The van der Waals surface area contributed by atoms with Gasteiger partial charge >= 0.3 is 0 Å². The highest BCUT2D eigenvalue weighted by Crippen LogP contribution is 2.44. The minimum atomic E-state index is -0.0763. The summed E-state index contributed by atoms with van der Waals surface area (Å²) in [5, 5.41) is 0. The molecule has 1 aliphatic rings. The van der Waals surface area contributed by atoms with Crippen LogP contribution in [0.3, 0.4) is 0 Å². The van der Waals surface area contributed by atoms with Crippen LogP contribution in [0.4, 0.5) is 0 Å². The fourth-order valence-corrected chi connectivity index (χ4v) is 1.81. The van der Waals surface area contributed by atoms with Gasteiger partial charge in [0.25, 0.3) is 0 Å². The average Bonchev–Trinajstić information content (AvgIpc) is 2.70. The summed E-state index contributed by atoms with van der Waals surface area (Å²) in [5.41, 5.74) is 7.06. The van der Waals surface area contributed by atoms with Gasteiger partial charge < -0.3 is 5.73 Å². The van der Waals surface area contributed by atoms with Crippen molar-refractivity contribution in [2.75, 3.05) is 0 Å². The summed E-state index contributed by atoms with van der Waals surface area (Å²) in [6.45, 7) is 0. The van der Waals surface area contributed by atoms with Crippen molar-refractivity contribution in [3.8, 4) is 0 Å². The van der Waals surface area contributed by atoms with Crippen molar-refractivity contribution in [3.63, 3.8) is 0 Å². The summed E-state index contributed by atoms with van der Waals surface area (Å²) in [4.78, 5) is 4.12. The van der Waals surface area contributed by atoms with Gasteiger partial charge in [-0.25, -0.2) is 4.98 Å². The lowest BCUT2D eigenvalue weighted by molar-refractivity contribution is 0.729. The first-order valence-electron chi connectivity index (χ1n) is 3.62. The maximum atomic E-state index is 6.00. The van der Waals surface area contributed by atoms with Gasteiger partial charge in [-0.2, -0.15) is 0 Å². The van der Waals surface area contributed by atoms with Crippen LogP contribution in [0.2, 0.25) is 0 Å². The van der Waals surface area contributed by atoms with Crippen molar-refractivity contribution in [2.45, 2.75) is 18.4 Å². The number of hydrogen-bond acceptors (Lipinski definition) is 2. The highest BCUT2D eigenvalue weighted by Gasteiger charge is 2.41. The van der Waals surface area contributed by atoms with Crippen LogP contribution < -0.4 is 5.73 Å². The standard InChI is InChI=1S/C8H9BrN2/c9-7-6(2-1-5-11-7)8(10)3-4-8/h1-2,5H,3-4,10H2. The van der Waals surface area contributed by atoms with E-state index in [1.807, 2.05) is 12.1 Å². The third-order valence-corrected chi connectivity index (χ3v) is 2.72. The number of nitrogens with zero attached hydrogens (tertiary/aromatic N) is 1. The van der Waals surface area contributed by atoms with Gasteiger partial charge in [0, 0.05) is 17.3 Å². The molecule has 0 aliphatic heterocycles. The van der Waals surface area contributed by atoms with Gasteiger partial charge in [0.15, 0.2) is 0 Å². The van der Waals surface area contributed by atoms with Gasteiger partial charge in [0.1, 0.15) is 4.60 Å². The molecule has 0 radical (unpaired) electrons. The molecule has 1 fully saturated rings. The minimum absolute atomic E-state index is 0.0763. The molecule has 2 rings (SSSR count). The Kier molecular flexibility index (Phi) is 1.51. The molecule has 0 spiro atoms. The number of pyridine rings is 1. The second kappa shape index (κ2) is 2.29. The topological polar surface area (TPSA) is 38.9 Å². The van der Waals surface area contributed by atoms with Gasteiger partial charge in [-0.1, -0.05) is 6.07 Å². The monoisotopic (exact) mass is 212 g/mol. The number of nitrogens with two attached hydrogens (primary N) is 1. The molecule has 0 atom stereocenters. The van der Waals surface area contributed by atoms with Crippen molar-refractivity contribution >= 4 is 15.9 Å². The predicted octanol–water partition coefficient (Wildman–Crippen LogP) is 1.79. The molecule has 0 saturated heterocycles. The van der Waals surface area contributed by atoms with Crippen LogP contribution >= 0.6 is 15.9 Å². The lowest BCUT2D eigenvalue weighted by Gasteiger charge is -2.09. The quantitative estimate of drug-likeness (QED) is 0.722. The van der Waals surface area contributed by atoms with Crippen LogP contribution in [0, 0.1) is 0 Å². The Hall–Kier alpha value is -0.410. The Morgan fingerprint density at radius 1 is 1.55 bits per heavy atom. The molecule has 2 N–H and O–H groups in total. The van der Waals surface area contributed by atoms with Gasteiger partial charge in [0.05, 0.1) is 0 Å². The third kappa shape index (κ3) is 1.19. The van der Waals surface area contributed by atoms with E-state index in [1.165, 1.54) is 0 Å². The highest BCUT2D eigenvalue weighted by molar-refractivity contribution is 9.10. The van der Waals surface area contributed by atoms with E-state index in [0.29, 0.717) is 0 Å². The molecule has 1 aliphatic carbocycles. The average molecular weight is 213 g/mol. The first-order valence-corrected chi connectivity index (χ1v) is 4.41. The van der Waals surface area contributed by atoms with E-state index in [0.717, 1.165) is 23.0 Å². The van der Waals surface area contributed by atoms with Crippen molar-refractivity contribution < 1.29 is 0 Å². The second-order valence-electron chi connectivity index (χ2n) is 3.00. The Morgan fingerprint density at radius 2 is 2.27 bits per heavy atom. The fraction of sp³-hybridized carbons (Fsp3) is 0.375. The van der Waals surface area contributed by atoms with Crippen LogP contribution in [-0.2, 0) is 5.54 Å². The zero-order valence-corrected chi connectivity index (χ0v) is 7.63. The Balaban J connectivity index is 2.45. The molecule has 1 heterocycles. The van der Waals surface area contributed by atoms with E-state index in [-0.39, 0.29) is 5.54 Å².